The van der Waals surface area contributed by atoms with Gasteiger partial charge in [0, 0.05) is 5.37 Å². The first-order valence-electron chi connectivity index (χ1n) is 9.77. The Bertz CT molecular complexity index is 428. The van der Waals surface area contributed by atoms with Crippen molar-refractivity contribution in [2.75, 3.05) is 6.54 Å². The van der Waals surface area contributed by atoms with E-state index in [2.05, 4.69) is 73.3 Å². The average Bonchev–Trinajstić information content (AvgIpc) is 2.44. The molecule has 0 bridgehead atoms. The van der Waals surface area contributed by atoms with Crippen molar-refractivity contribution in [3.8, 4) is 0 Å². The van der Waals surface area contributed by atoms with Gasteiger partial charge in [-0.3, -0.25) is 4.79 Å². The van der Waals surface area contributed by atoms with Gasteiger partial charge in [-0.1, -0.05) is 48.5 Å². The van der Waals surface area contributed by atoms with Crippen molar-refractivity contribution in [3.05, 3.63) is 0 Å². The Labute approximate surface area is 162 Å². The number of thiol groups is 1. The van der Waals surface area contributed by atoms with Gasteiger partial charge < -0.3 is 10.1 Å². The number of hydrogen-bond acceptors (Lipinski definition) is 4. The summed E-state index contributed by atoms with van der Waals surface area (Å²) in [5.74, 6) is -0.0578. The molecule has 0 saturated carbocycles. The molecule has 1 N–H and O–H groups in total. The molecule has 3 atom stereocenters. The van der Waals surface area contributed by atoms with E-state index >= 15 is 0 Å². The van der Waals surface area contributed by atoms with Crippen LogP contribution < -0.4 is 5.32 Å². The zero-order valence-electron chi connectivity index (χ0n) is 18.4. The largest absolute Gasteiger partial charge is 0.459 e. The molecular weight excluding hydrogens is 330 g/mol. The van der Waals surface area contributed by atoms with Crippen LogP contribution in [0, 0.1) is 16.2 Å². The molecule has 0 saturated heterocycles. The van der Waals surface area contributed by atoms with Crippen molar-refractivity contribution in [1.29, 1.82) is 0 Å². The minimum atomic E-state index is -0.513. The van der Waals surface area contributed by atoms with Crippen molar-refractivity contribution < 1.29 is 9.53 Å². The molecule has 3 nitrogen and oxygen atoms in total. The lowest BCUT2D eigenvalue weighted by Gasteiger charge is -2.46. The monoisotopic (exact) mass is 373 g/mol. The van der Waals surface area contributed by atoms with Crippen LogP contribution in [-0.4, -0.2) is 23.5 Å². The number of esters is 1. The molecule has 4 heteroatoms. The zero-order valence-corrected chi connectivity index (χ0v) is 19.3. The van der Waals surface area contributed by atoms with Gasteiger partial charge in [0.05, 0.1) is 5.41 Å². The van der Waals surface area contributed by atoms with Gasteiger partial charge in [-0.15, -0.1) is 0 Å². The van der Waals surface area contributed by atoms with E-state index < -0.39 is 11.0 Å². The molecule has 0 spiro atoms. The highest BCUT2D eigenvalue weighted by atomic mass is 32.1. The topological polar surface area (TPSA) is 38.3 Å². The molecule has 0 aliphatic rings. The third-order valence-electron chi connectivity index (χ3n) is 5.89. The second-order valence-corrected chi connectivity index (χ2v) is 10.7. The lowest BCUT2D eigenvalue weighted by molar-refractivity contribution is -0.181. The Morgan fingerprint density at radius 1 is 1.04 bits per heavy atom. The summed E-state index contributed by atoms with van der Waals surface area (Å²) in [6, 6.07) is 0. The van der Waals surface area contributed by atoms with Gasteiger partial charge in [-0.2, -0.15) is 12.6 Å². The molecule has 0 fully saturated rings. The minimum absolute atomic E-state index is 0.0578. The molecule has 0 radical (unpaired) electrons. The molecule has 0 aromatic carbocycles. The molecule has 0 heterocycles. The maximum atomic E-state index is 13.4. The van der Waals surface area contributed by atoms with E-state index in [9.17, 15) is 4.79 Å². The van der Waals surface area contributed by atoms with E-state index in [1.807, 2.05) is 13.8 Å². The maximum Gasteiger partial charge on any atom is 0.312 e. The summed E-state index contributed by atoms with van der Waals surface area (Å²) in [7, 11) is 0. The molecule has 0 aromatic rings. The second-order valence-electron chi connectivity index (χ2n) is 9.88. The van der Waals surface area contributed by atoms with E-state index in [1.165, 1.54) is 0 Å². The fourth-order valence-corrected chi connectivity index (χ4v) is 3.35. The Kier molecular flexibility index (Phi) is 9.04. The third-order valence-corrected chi connectivity index (χ3v) is 6.08. The molecule has 150 valence electrons. The van der Waals surface area contributed by atoms with E-state index in [0.29, 0.717) is 0 Å². The highest BCUT2D eigenvalue weighted by Gasteiger charge is 2.50. The van der Waals surface area contributed by atoms with E-state index in [0.717, 1.165) is 32.2 Å². The second kappa shape index (κ2) is 9.12. The van der Waals surface area contributed by atoms with Crippen molar-refractivity contribution >= 4 is 18.6 Å². The number of rotatable bonds is 10. The van der Waals surface area contributed by atoms with Crippen LogP contribution in [0.3, 0.4) is 0 Å². The van der Waals surface area contributed by atoms with Crippen molar-refractivity contribution in [2.45, 2.75) is 106 Å². The quantitative estimate of drug-likeness (QED) is 0.287. The summed E-state index contributed by atoms with van der Waals surface area (Å²) in [6.45, 7) is 22.1. The van der Waals surface area contributed by atoms with Crippen LogP contribution in [-0.2, 0) is 9.53 Å². The third kappa shape index (κ3) is 7.50. The van der Waals surface area contributed by atoms with Crippen molar-refractivity contribution in [3.63, 3.8) is 0 Å². The Morgan fingerprint density at radius 3 is 1.92 bits per heavy atom. The van der Waals surface area contributed by atoms with E-state index in [4.69, 9.17) is 4.74 Å². The van der Waals surface area contributed by atoms with Gasteiger partial charge in [0.25, 0.3) is 0 Å². The summed E-state index contributed by atoms with van der Waals surface area (Å²) in [5.41, 5.74) is -1.02. The molecular formula is C21H43NO2S. The Hall–Kier alpha value is -0.220. The molecule has 0 aliphatic carbocycles. The minimum Gasteiger partial charge on any atom is -0.459 e. The van der Waals surface area contributed by atoms with Crippen molar-refractivity contribution in [1.82, 2.24) is 5.32 Å². The molecule has 0 rings (SSSR count). The van der Waals surface area contributed by atoms with Crippen LogP contribution >= 0.6 is 12.6 Å². The molecule has 3 unspecified atom stereocenters. The first kappa shape index (κ1) is 24.8. The number of hydrogen-bond donors (Lipinski definition) is 2. The van der Waals surface area contributed by atoms with Gasteiger partial charge >= 0.3 is 5.97 Å². The number of carbonyl (C=O) groups excluding carboxylic acids is 1. The van der Waals surface area contributed by atoms with Crippen molar-refractivity contribution in [2.24, 2.45) is 16.2 Å². The number of carbonyl (C=O) groups is 1. The molecule has 0 aromatic heterocycles. The predicted molar refractivity (Wildman–Crippen MR) is 112 cm³/mol. The molecule has 0 amide bonds. The first-order valence-corrected chi connectivity index (χ1v) is 10.3. The summed E-state index contributed by atoms with van der Waals surface area (Å²) < 4.78 is 6.16. The van der Waals surface area contributed by atoms with Gasteiger partial charge in [-0.05, 0) is 63.8 Å². The van der Waals surface area contributed by atoms with Crippen LogP contribution in [0.2, 0.25) is 0 Å². The first-order chi connectivity index (χ1) is 11.1. The lowest BCUT2D eigenvalue weighted by Crippen LogP contribution is -2.49. The van der Waals surface area contributed by atoms with Gasteiger partial charge in [0.15, 0.2) is 0 Å². The average molecular weight is 374 g/mol. The standard InChI is InChI=1S/C21H43NO2S/c1-11-19(7,8)21(10,15-18(4,5)6)17(23)24-20(9,12-2)13-14-22-16(3)25/h16,22,25H,11-15H2,1-10H3. The molecule has 25 heavy (non-hydrogen) atoms. The summed E-state index contributed by atoms with van der Waals surface area (Å²) in [4.78, 5) is 13.4. The fraction of sp³-hybridized carbons (Fsp3) is 0.952. The number of ether oxygens (including phenoxy) is 1. The maximum absolute atomic E-state index is 13.4. The Morgan fingerprint density at radius 2 is 1.56 bits per heavy atom. The van der Waals surface area contributed by atoms with Crippen LogP contribution in [0.4, 0.5) is 0 Å². The highest BCUT2D eigenvalue weighted by molar-refractivity contribution is 7.80. The zero-order chi connectivity index (χ0) is 20.1. The fourth-order valence-electron chi connectivity index (χ4n) is 3.22. The lowest BCUT2D eigenvalue weighted by atomic mass is 9.59. The van der Waals surface area contributed by atoms with E-state index in [1.54, 1.807) is 0 Å². The van der Waals surface area contributed by atoms with Crippen LogP contribution in [0.15, 0.2) is 0 Å². The Balaban J connectivity index is 5.43. The van der Waals surface area contributed by atoms with Crippen LogP contribution in [0.1, 0.15) is 94.9 Å². The van der Waals surface area contributed by atoms with E-state index in [-0.39, 0.29) is 22.2 Å². The molecule has 0 aliphatic heterocycles. The van der Waals surface area contributed by atoms with Crippen LogP contribution in [0.25, 0.3) is 0 Å². The predicted octanol–water partition coefficient (Wildman–Crippen LogP) is 5.83. The van der Waals surface area contributed by atoms with Gasteiger partial charge in [0.1, 0.15) is 5.60 Å². The highest BCUT2D eigenvalue weighted by Crippen LogP contribution is 2.50. The summed E-state index contributed by atoms with van der Waals surface area (Å²) >= 11 is 4.35. The normalized spacial score (nSPS) is 19.0. The van der Waals surface area contributed by atoms with Crippen LogP contribution in [0.5, 0.6) is 0 Å². The van der Waals surface area contributed by atoms with Gasteiger partial charge in [0.2, 0.25) is 0 Å². The number of nitrogens with one attached hydrogen (secondary N) is 1. The summed E-state index contributed by atoms with van der Waals surface area (Å²) in [5, 5.41) is 3.44. The van der Waals surface area contributed by atoms with Gasteiger partial charge in [-0.25, -0.2) is 0 Å². The summed E-state index contributed by atoms with van der Waals surface area (Å²) in [6.07, 6.45) is 3.35. The SMILES string of the molecule is CCC(C)(CCNC(C)S)OC(=O)C(C)(CC(C)(C)C)C(C)(C)CC. The smallest absolute Gasteiger partial charge is 0.312 e.